The van der Waals surface area contributed by atoms with Crippen molar-refractivity contribution >= 4 is 11.6 Å². The van der Waals surface area contributed by atoms with Gasteiger partial charge in [-0.05, 0) is 37.3 Å². The van der Waals surface area contributed by atoms with Crippen LogP contribution in [0.5, 0.6) is 11.5 Å². The minimum atomic E-state index is -4.76. The Kier molecular flexibility index (Phi) is 8.06. The predicted molar refractivity (Wildman–Crippen MR) is 145 cm³/mol. The van der Waals surface area contributed by atoms with Gasteiger partial charge < -0.3 is 19.5 Å². The Morgan fingerprint density at radius 1 is 1.05 bits per heavy atom. The molecule has 1 N–H and O–H groups in total. The molecule has 2 aromatic carbocycles. The molecule has 9 nitrogen and oxygen atoms in total. The number of benzene rings is 2. The zero-order valence-corrected chi connectivity index (χ0v) is 23.2. The highest BCUT2D eigenvalue weighted by Gasteiger charge is 2.39. The van der Waals surface area contributed by atoms with Gasteiger partial charge in [0.15, 0.2) is 22.9 Å². The fourth-order valence-electron chi connectivity index (χ4n) is 5.35. The average molecular weight is 588 g/mol. The van der Waals surface area contributed by atoms with E-state index in [0.29, 0.717) is 28.9 Å². The van der Waals surface area contributed by atoms with E-state index >= 15 is 0 Å². The topological polar surface area (TPSA) is 92.4 Å². The summed E-state index contributed by atoms with van der Waals surface area (Å²) in [5.41, 5.74) is -0.662. The second-order valence-corrected chi connectivity index (χ2v) is 9.84. The van der Waals surface area contributed by atoms with Crippen LogP contribution in [-0.4, -0.2) is 82.4 Å². The molecule has 0 radical (unpaired) electrons. The van der Waals surface area contributed by atoms with Crippen molar-refractivity contribution in [3.63, 3.8) is 0 Å². The number of alkyl halides is 3. The van der Waals surface area contributed by atoms with E-state index in [2.05, 4.69) is 10.1 Å². The number of fused-ring (bicyclic) bond motifs is 1. The molecule has 0 aliphatic carbocycles. The summed E-state index contributed by atoms with van der Waals surface area (Å²) in [7, 11) is 2.84. The molecule has 3 heterocycles. The molecular formula is C29H29F4N5O4. The first kappa shape index (κ1) is 29.3. The number of aliphatic hydroxyl groups is 1. The molecule has 0 bridgehead atoms. The van der Waals surface area contributed by atoms with Crippen molar-refractivity contribution in [2.45, 2.75) is 19.1 Å². The van der Waals surface area contributed by atoms with E-state index in [0.717, 1.165) is 6.20 Å². The average Bonchev–Trinajstić information content (AvgIpc) is 3.40. The van der Waals surface area contributed by atoms with Crippen molar-refractivity contribution < 1.29 is 36.9 Å². The number of halogens is 4. The first-order chi connectivity index (χ1) is 20.1. The third-order valence-corrected chi connectivity index (χ3v) is 7.53. The molecular weight excluding hydrogens is 558 g/mol. The van der Waals surface area contributed by atoms with Crippen LogP contribution >= 0.6 is 0 Å². The van der Waals surface area contributed by atoms with Crippen LogP contribution in [0.15, 0.2) is 48.7 Å². The van der Waals surface area contributed by atoms with E-state index in [1.165, 1.54) is 32.1 Å². The number of carbonyl (C=O) groups excluding carboxylic acids is 1. The number of amides is 1. The van der Waals surface area contributed by atoms with Gasteiger partial charge in [0.1, 0.15) is 11.3 Å². The standard InChI is InChI=1S/C29H29F4N5O4/c1-17-25(18-7-9-19(41-2)10-8-18)35-27-21(15-34-38(27)26(17)29(31,32)33)28(40)37-13-11-36(12-14-37)22(16-39)20-5-4-6-23(42-3)24(20)30/h4-10,15,22,39H,11-14,16H2,1-3H3/t22-/m0/s1. The zero-order chi connectivity index (χ0) is 30.2. The molecule has 0 spiro atoms. The lowest BCUT2D eigenvalue weighted by Gasteiger charge is -2.38. The smallest absolute Gasteiger partial charge is 0.433 e. The van der Waals surface area contributed by atoms with Crippen molar-refractivity contribution in [1.29, 1.82) is 0 Å². The van der Waals surface area contributed by atoms with E-state index in [-0.39, 0.29) is 53.5 Å². The number of rotatable bonds is 7. The Labute approximate surface area is 238 Å². The number of methoxy groups -OCH3 is 2. The third kappa shape index (κ3) is 5.25. The molecule has 1 amide bonds. The number of nitrogens with zero attached hydrogens (tertiary/aromatic N) is 5. The van der Waals surface area contributed by atoms with Gasteiger partial charge in [-0.25, -0.2) is 13.9 Å². The Balaban J connectivity index is 1.44. The molecule has 13 heteroatoms. The lowest BCUT2D eigenvalue weighted by atomic mass is 10.0. The van der Waals surface area contributed by atoms with Gasteiger partial charge in [-0.2, -0.15) is 18.3 Å². The number of carbonyl (C=O) groups is 1. The number of hydrogen-bond donors (Lipinski definition) is 1. The fraction of sp³-hybridized carbons (Fsp3) is 0.345. The summed E-state index contributed by atoms with van der Waals surface area (Å²) in [5.74, 6) is -0.505. The molecule has 4 aromatic rings. The molecule has 1 aliphatic heterocycles. The largest absolute Gasteiger partial charge is 0.497 e. The zero-order valence-electron chi connectivity index (χ0n) is 23.2. The van der Waals surface area contributed by atoms with E-state index in [1.807, 2.05) is 4.90 Å². The van der Waals surface area contributed by atoms with Gasteiger partial charge in [0, 0.05) is 42.9 Å². The first-order valence-electron chi connectivity index (χ1n) is 13.2. The van der Waals surface area contributed by atoms with Crippen molar-refractivity contribution in [2.75, 3.05) is 47.0 Å². The molecule has 0 unspecified atom stereocenters. The molecule has 1 saturated heterocycles. The van der Waals surface area contributed by atoms with Crippen LogP contribution in [0.1, 0.15) is 33.2 Å². The highest BCUT2D eigenvalue weighted by molar-refractivity contribution is 6.00. The molecule has 1 aliphatic rings. The summed E-state index contributed by atoms with van der Waals surface area (Å²) >= 11 is 0. The summed E-state index contributed by atoms with van der Waals surface area (Å²) in [6.07, 6.45) is -3.66. The molecule has 0 saturated carbocycles. The van der Waals surface area contributed by atoms with E-state index in [1.54, 1.807) is 36.4 Å². The van der Waals surface area contributed by atoms with Crippen LogP contribution in [0.25, 0.3) is 16.9 Å². The molecule has 42 heavy (non-hydrogen) atoms. The maximum absolute atomic E-state index is 14.9. The lowest BCUT2D eigenvalue weighted by Crippen LogP contribution is -2.50. The second-order valence-electron chi connectivity index (χ2n) is 9.84. The molecule has 222 valence electrons. The van der Waals surface area contributed by atoms with Gasteiger partial charge in [0.2, 0.25) is 0 Å². The number of ether oxygens (including phenoxy) is 2. The molecule has 2 aromatic heterocycles. The number of aliphatic hydroxyl groups excluding tert-OH is 1. The van der Waals surface area contributed by atoms with E-state index in [4.69, 9.17) is 9.47 Å². The second kappa shape index (κ2) is 11.6. The Morgan fingerprint density at radius 3 is 2.33 bits per heavy atom. The van der Waals surface area contributed by atoms with Crippen LogP contribution in [0, 0.1) is 12.7 Å². The highest BCUT2D eigenvalue weighted by Crippen LogP contribution is 2.37. The summed E-state index contributed by atoms with van der Waals surface area (Å²) in [5, 5.41) is 14.0. The summed E-state index contributed by atoms with van der Waals surface area (Å²) < 4.78 is 68.6. The van der Waals surface area contributed by atoms with Crippen molar-refractivity contribution in [3.05, 3.63) is 76.9 Å². The van der Waals surface area contributed by atoms with Gasteiger partial charge in [0.25, 0.3) is 5.91 Å². The predicted octanol–water partition coefficient (Wildman–Crippen LogP) is 4.37. The van der Waals surface area contributed by atoms with E-state index < -0.39 is 29.6 Å². The number of hydrogen-bond acceptors (Lipinski definition) is 7. The monoisotopic (exact) mass is 587 g/mol. The Hall–Kier alpha value is -4.23. The minimum Gasteiger partial charge on any atom is -0.497 e. The van der Waals surface area contributed by atoms with Crippen LogP contribution in [0.2, 0.25) is 0 Å². The highest BCUT2D eigenvalue weighted by atomic mass is 19.4. The van der Waals surface area contributed by atoms with Crippen LogP contribution in [0.3, 0.4) is 0 Å². The Bertz CT molecular complexity index is 1600. The SMILES string of the molecule is COc1ccc(-c2nc3c(C(=O)N4CCN([C@@H](CO)c5cccc(OC)c5F)CC4)cnn3c(C(F)(F)F)c2C)cc1. The van der Waals surface area contributed by atoms with Gasteiger partial charge in [-0.1, -0.05) is 12.1 Å². The number of piperazine rings is 1. The quantitative estimate of drug-likeness (QED) is 0.321. The fourth-order valence-corrected chi connectivity index (χ4v) is 5.35. The minimum absolute atomic E-state index is 0.0582. The van der Waals surface area contributed by atoms with Crippen LogP contribution in [0.4, 0.5) is 17.6 Å². The normalized spacial score (nSPS) is 15.2. The van der Waals surface area contributed by atoms with Gasteiger partial charge >= 0.3 is 6.18 Å². The van der Waals surface area contributed by atoms with E-state index in [9.17, 15) is 27.5 Å². The Morgan fingerprint density at radius 2 is 1.74 bits per heavy atom. The van der Waals surface area contributed by atoms with Crippen molar-refractivity contribution in [2.24, 2.45) is 0 Å². The van der Waals surface area contributed by atoms with Gasteiger partial charge in [0.05, 0.1) is 38.8 Å². The van der Waals surface area contributed by atoms with Crippen LogP contribution in [-0.2, 0) is 6.18 Å². The lowest BCUT2D eigenvalue weighted by molar-refractivity contribution is -0.143. The molecule has 1 atom stereocenters. The van der Waals surface area contributed by atoms with Crippen LogP contribution < -0.4 is 9.47 Å². The van der Waals surface area contributed by atoms with Crippen molar-refractivity contribution in [1.82, 2.24) is 24.4 Å². The summed E-state index contributed by atoms with van der Waals surface area (Å²) in [6, 6.07) is 10.5. The maximum atomic E-state index is 14.9. The molecule has 1 fully saturated rings. The third-order valence-electron chi connectivity index (χ3n) is 7.53. The summed E-state index contributed by atoms with van der Waals surface area (Å²) in [6.45, 7) is 1.95. The van der Waals surface area contributed by atoms with Gasteiger partial charge in [-0.15, -0.1) is 0 Å². The maximum Gasteiger partial charge on any atom is 0.433 e. The summed E-state index contributed by atoms with van der Waals surface area (Å²) in [4.78, 5) is 21.4. The van der Waals surface area contributed by atoms with Gasteiger partial charge in [-0.3, -0.25) is 9.69 Å². The molecule has 5 rings (SSSR count). The van der Waals surface area contributed by atoms with Crippen molar-refractivity contribution in [3.8, 4) is 22.8 Å². The first-order valence-corrected chi connectivity index (χ1v) is 13.2. The number of aromatic nitrogens is 3.